The Balaban J connectivity index is 1.44. The van der Waals surface area contributed by atoms with E-state index in [4.69, 9.17) is 18.9 Å². The van der Waals surface area contributed by atoms with Crippen molar-refractivity contribution in [3.8, 4) is 0 Å². The second-order valence-corrected chi connectivity index (χ2v) is 11.8. The average Bonchev–Trinajstić information content (AvgIpc) is 2.88. The van der Waals surface area contributed by atoms with E-state index in [9.17, 15) is 0 Å². The highest BCUT2D eigenvalue weighted by Crippen LogP contribution is 2.34. The van der Waals surface area contributed by atoms with Gasteiger partial charge in [-0.15, -0.1) is 6.58 Å². The van der Waals surface area contributed by atoms with E-state index < -0.39 is 0 Å². The second kappa shape index (κ2) is 14.4. The second-order valence-electron chi connectivity index (χ2n) is 11.8. The Morgan fingerprint density at radius 1 is 0.618 bits per heavy atom. The molecular formula is C30H52O4. The SMILES string of the molecule is C=CC[C@@H]1O[C@@H](C)[C@@H](OCC2CCCCC2)[C@@H](OCC2CCCCC2)[C@@H]1OCC1CCCCC1. The van der Waals surface area contributed by atoms with E-state index in [-0.39, 0.29) is 30.5 Å². The van der Waals surface area contributed by atoms with Crippen molar-refractivity contribution in [2.24, 2.45) is 17.8 Å². The molecule has 0 spiro atoms. The van der Waals surface area contributed by atoms with Crippen molar-refractivity contribution in [1.29, 1.82) is 0 Å². The highest BCUT2D eigenvalue weighted by Gasteiger charge is 2.46. The molecule has 1 saturated heterocycles. The first-order valence-corrected chi connectivity index (χ1v) is 14.9. The van der Waals surface area contributed by atoms with Crippen LogP contribution < -0.4 is 0 Å². The van der Waals surface area contributed by atoms with Gasteiger partial charge in [-0.3, -0.25) is 0 Å². The van der Waals surface area contributed by atoms with Crippen molar-refractivity contribution in [2.75, 3.05) is 19.8 Å². The number of ether oxygens (including phenoxy) is 4. The van der Waals surface area contributed by atoms with Gasteiger partial charge in [-0.2, -0.15) is 0 Å². The molecule has 3 saturated carbocycles. The van der Waals surface area contributed by atoms with Crippen LogP contribution in [0.5, 0.6) is 0 Å². The Bertz CT molecular complexity index is 562. The molecule has 1 aliphatic heterocycles. The lowest BCUT2D eigenvalue weighted by atomic mass is 9.88. The van der Waals surface area contributed by atoms with Crippen LogP contribution in [0, 0.1) is 17.8 Å². The van der Waals surface area contributed by atoms with Crippen LogP contribution in [0.15, 0.2) is 12.7 Å². The van der Waals surface area contributed by atoms with Gasteiger partial charge in [-0.05, 0) is 69.6 Å². The van der Waals surface area contributed by atoms with Gasteiger partial charge in [0.05, 0.1) is 32.0 Å². The van der Waals surface area contributed by atoms with Gasteiger partial charge in [0.25, 0.3) is 0 Å². The molecule has 1 heterocycles. The molecule has 0 radical (unpaired) electrons. The van der Waals surface area contributed by atoms with E-state index in [1.807, 2.05) is 6.08 Å². The summed E-state index contributed by atoms with van der Waals surface area (Å²) < 4.78 is 26.8. The van der Waals surface area contributed by atoms with Crippen molar-refractivity contribution in [1.82, 2.24) is 0 Å². The number of hydrogen-bond acceptors (Lipinski definition) is 4. The van der Waals surface area contributed by atoms with E-state index >= 15 is 0 Å². The summed E-state index contributed by atoms with van der Waals surface area (Å²) in [4.78, 5) is 0. The zero-order valence-electron chi connectivity index (χ0n) is 22.0. The maximum Gasteiger partial charge on any atom is 0.115 e. The van der Waals surface area contributed by atoms with E-state index in [0.29, 0.717) is 17.8 Å². The first-order chi connectivity index (χ1) is 16.7. The van der Waals surface area contributed by atoms with Gasteiger partial charge in [0.1, 0.15) is 18.3 Å². The highest BCUT2D eigenvalue weighted by atomic mass is 16.6. The van der Waals surface area contributed by atoms with Crippen LogP contribution in [0.4, 0.5) is 0 Å². The van der Waals surface area contributed by atoms with Gasteiger partial charge >= 0.3 is 0 Å². The summed E-state index contributed by atoms with van der Waals surface area (Å²) in [6, 6.07) is 0. The molecule has 4 aliphatic rings. The van der Waals surface area contributed by atoms with E-state index in [2.05, 4.69) is 13.5 Å². The molecule has 0 N–H and O–H groups in total. The van der Waals surface area contributed by atoms with Gasteiger partial charge in [0.2, 0.25) is 0 Å². The molecule has 34 heavy (non-hydrogen) atoms. The minimum Gasteiger partial charge on any atom is -0.372 e. The summed E-state index contributed by atoms with van der Waals surface area (Å²) in [7, 11) is 0. The van der Waals surface area contributed by atoms with Crippen LogP contribution in [0.25, 0.3) is 0 Å². The zero-order chi connectivity index (χ0) is 23.6. The normalized spacial score (nSPS) is 34.8. The van der Waals surface area contributed by atoms with Crippen LogP contribution in [0.1, 0.15) is 110 Å². The Hall–Kier alpha value is -0.420. The molecule has 4 rings (SSSR count). The fraction of sp³-hybridized carbons (Fsp3) is 0.933. The van der Waals surface area contributed by atoms with Crippen molar-refractivity contribution in [3.63, 3.8) is 0 Å². The molecular weight excluding hydrogens is 424 g/mol. The largest absolute Gasteiger partial charge is 0.372 e. The van der Waals surface area contributed by atoms with Crippen LogP contribution in [-0.2, 0) is 18.9 Å². The highest BCUT2D eigenvalue weighted by molar-refractivity contribution is 4.97. The third-order valence-electron chi connectivity index (χ3n) is 9.01. The minimum atomic E-state index is -0.0731. The molecule has 0 unspecified atom stereocenters. The molecule has 0 aromatic carbocycles. The third-order valence-corrected chi connectivity index (χ3v) is 9.01. The lowest BCUT2D eigenvalue weighted by molar-refractivity contribution is -0.260. The summed E-state index contributed by atoms with van der Waals surface area (Å²) in [5.74, 6) is 2.05. The topological polar surface area (TPSA) is 36.9 Å². The van der Waals surface area contributed by atoms with Gasteiger partial charge in [-0.1, -0.05) is 63.9 Å². The smallest absolute Gasteiger partial charge is 0.115 e. The summed E-state index contributed by atoms with van der Waals surface area (Å²) in [6.07, 6.45) is 22.6. The van der Waals surface area contributed by atoms with Gasteiger partial charge in [0.15, 0.2) is 0 Å². The first-order valence-electron chi connectivity index (χ1n) is 14.9. The lowest BCUT2D eigenvalue weighted by Gasteiger charge is -2.46. The van der Waals surface area contributed by atoms with E-state index in [1.54, 1.807) is 0 Å². The average molecular weight is 477 g/mol. The Morgan fingerprint density at radius 3 is 1.47 bits per heavy atom. The summed E-state index contributed by atoms with van der Waals surface area (Å²) >= 11 is 0. The molecule has 0 aromatic heterocycles. The molecule has 4 heteroatoms. The fourth-order valence-electron chi connectivity index (χ4n) is 6.88. The van der Waals surface area contributed by atoms with Gasteiger partial charge in [0, 0.05) is 0 Å². The minimum absolute atomic E-state index is 0.00183. The maximum atomic E-state index is 6.81. The molecule has 3 aliphatic carbocycles. The third kappa shape index (κ3) is 7.79. The van der Waals surface area contributed by atoms with Crippen molar-refractivity contribution >= 4 is 0 Å². The first kappa shape index (κ1) is 26.6. The van der Waals surface area contributed by atoms with E-state index in [0.717, 1.165) is 26.2 Å². The molecule has 4 fully saturated rings. The molecule has 4 nitrogen and oxygen atoms in total. The molecule has 0 amide bonds. The summed E-state index contributed by atoms with van der Waals surface area (Å²) in [5.41, 5.74) is 0. The van der Waals surface area contributed by atoms with Crippen LogP contribution in [0.3, 0.4) is 0 Å². The Morgan fingerprint density at radius 2 is 1.03 bits per heavy atom. The zero-order valence-corrected chi connectivity index (χ0v) is 22.0. The standard InChI is InChI=1S/C30H52O4/c1-3-13-27-29(32-21-25-16-9-5-10-17-25)30(33-22-26-18-11-6-12-19-26)28(23(2)34-27)31-20-24-14-7-4-8-15-24/h3,23-30H,1,4-22H2,2H3/t23-,27-,28+,29+,30+/m0/s1. The lowest BCUT2D eigenvalue weighted by Crippen LogP contribution is -2.60. The van der Waals surface area contributed by atoms with Gasteiger partial charge in [-0.25, -0.2) is 0 Å². The van der Waals surface area contributed by atoms with Gasteiger partial charge < -0.3 is 18.9 Å². The maximum absolute atomic E-state index is 6.81. The Labute approximate surface area is 209 Å². The number of hydrogen-bond donors (Lipinski definition) is 0. The molecule has 196 valence electrons. The summed E-state index contributed by atoms with van der Waals surface area (Å²) in [6.45, 7) is 8.70. The Kier molecular flexibility index (Phi) is 11.2. The van der Waals surface area contributed by atoms with E-state index in [1.165, 1.54) is 96.3 Å². The molecule has 0 aromatic rings. The van der Waals surface area contributed by atoms with Crippen molar-refractivity contribution in [3.05, 3.63) is 12.7 Å². The van der Waals surface area contributed by atoms with Crippen LogP contribution >= 0.6 is 0 Å². The molecule has 5 atom stereocenters. The predicted octanol–water partition coefficient (Wildman–Crippen LogP) is 7.25. The van der Waals surface area contributed by atoms with Crippen molar-refractivity contribution < 1.29 is 18.9 Å². The van der Waals surface area contributed by atoms with Crippen LogP contribution in [0.2, 0.25) is 0 Å². The summed E-state index contributed by atoms with van der Waals surface area (Å²) in [5, 5.41) is 0. The van der Waals surface area contributed by atoms with Crippen molar-refractivity contribution in [2.45, 2.75) is 140 Å². The quantitative estimate of drug-likeness (QED) is 0.294. The fourth-order valence-corrected chi connectivity index (χ4v) is 6.88. The molecule has 0 bridgehead atoms. The number of rotatable bonds is 11. The predicted molar refractivity (Wildman–Crippen MR) is 138 cm³/mol. The van der Waals surface area contributed by atoms with Crippen LogP contribution in [-0.4, -0.2) is 50.3 Å². The monoisotopic (exact) mass is 476 g/mol.